The van der Waals surface area contributed by atoms with Gasteiger partial charge in [0, 0.05) is 18.4 Å². The Hall–Kier alpha value is -1.87. The highest BCUT2D eigenvalue weighted by Crippen LogP contribution is 2.21. The second-order valence-electron chi connectivity index (χ2n) is 8.05. The molecular formula is C26H39NO2. The Balaban J connectivity index is 1.70. The predicted octanol–water partition coefficient (Wildman–Crippen LogP) is 7.44. The average molecular weight is 398 g/mol. The number of hydrogen-bond donors (Lipinski definition) is 0. The van der Waals surface area contributed by atoms with Crippen molar-refractivity contribution in [2.45, 2.75) is 78.7 Å². The summed E-state index contributed by atoms with van der Waals surface area (Å²) in [4.78, 5) is 4.60. The molecule has 0 amide bonds. The first-order valence-electron chi connectivity index (χ1n) is 11.5. The summed E-state index contributed by atoms with van der Waals surface area (Å²) >= 11 is 0. The van der Waals surface area contributed by atoms with Gasteiger partial charge in [-0.3, -0.25) is 4.98 Å². The molecule has 0 spiro atoms. The van der Waals surface area contributed by atoms with Crippen molar-refractivity contribution in [3.8, 4) is 17.0 Å². The molecule has 3 nitrogen and oxygen atoms in total. The molecule has 1 aromatic carbocycles. The first-order chi connectivity index (χ1) is 14.2. The Bertz CT molecular complexity index is 651. The van der Waals surface area contributed by atoms with Crippen LogP contribution in [0.1, 0.15) is 77.7 Å². The third-order valence-corrected chi connectivity index (χ3v) is 5.44. The van der Waals surface area contributed by atoms with Crippen LogP contribution >= 0.6 is 0 Å². The zero-order valence-electron chi connectivity index (χ0n) is 18.7. The van der Waals surface area contributed by atoms with Crippen LogP contribution < -0.4 is 4.74 Å². The van der Waals surface area contributed by atoms with Gasteiger partial charge in [-0.25, -0.2) is 0 Å². The fourth-order valence-electron chi connectivity index (χ4n) is 3.23. The molecule has 0 N–H and O–H groups in total. The maximum Gasteiger partial charge on any atom is 0.119 e. The Morgan fingerprint density at radius 2 is 1.66 bits per heavy atom. The molecule has 0 aliphatic rings. The topological polar surface area (TPSA) is 31.4 Å². The summed E-state index contributed by atoms with van der Waals surface area (Å²) in [5.74, 6) is 1.72. The number of ether oxygens (including phenoxy) is 2. The highest BCUT2D eigenvalue weighted by Gasteiger charge is 2.03. The Labute approximate surface area is 177 Å². The molecule has 160 valence electrons. The quantitative estimate of drug-likeness (QED) is 0.293. The molecule has 0 bridgehead atoms. The second-order valence-corrected chi connectivity index (χ2v) is 8.05. The number of hydrogen-bond acceptors (Lipinski definition) is 3. The highest BCUT2D eigenvalue weighted by atomic mass is 16.5. The molecule has 29 heavy (non-hydrogen) atoms. The largest absolute Gasteiger partial charge is 0.494 e. The van der Waals surface area contributed by atoms with E-state index < -0.39 is 0 Å². The number of pyridine rings is 1. The first-order valence-corrected chi connectivity index (χ1v) is 11.5. The van der Waals surface area contributed by atoms with E-state index in [2.05, 4.69) is 50.0 Å². The Morgan fingerprint density at radius 3 is 2.34 bits per heavy atom. The van der Waals surface area contributed by atoms with E-state index in [0.29, 0.717) is 6.61 Å². The van der Waals surface area contributed by atoms with E-state index in [1.54, 1.807) is 0 Å². The van der Waals surface area contributed by atoms with Crippen LogP contribution in [0.15, 0.2) is 42.6 Å². The van der Waals surface area contributed by atoms with Crippen LogP contribution in [-0.2, 0) is 11.3 Å². The molecule has 0 aliphatic carbocycles. The van der Waals surface area contributed by atoms with E-state index >= 15 is 0 Å². The van der Waals surface area contributed by atoms with Crippen molar-refractivity contribution in [1.82, 2.24) is 4.98 Å². The molecule has 2 rings (SSSR count). The minimum atomic E-state index is 0.643. The van der Waals surface area contributed by atoms with Crippen molar-refractivity contribution in [3.63, 3.8) is 0 Å². The van der Waals surface area contributed by atoms with E-state index in [9.17, 15) is 0 Å². The van der Waals surface area contributed by atoms with E-state index in [1.807, 2.05) is 18.3 Å². The van der Waals surface area contributed by atoms with Gasteiger partial charge in [-0.05, 0) is 61.1 Å². The van der Waals surface area contributed by atoms with Gasteiger partial charge in [0.05, 0.1) is 18.9 Å². The summed E-state index contributed by atoms with van der Waals surface area (Å²) in [6.07, 6.45) is 11.9. The summed E-state index contributed by atoms with van der Waals surface area (Å²) in [7, 11) is 0. The van der Waals surface area contributed by atoms with Crippen LogP contribution in [0.25, 0.3) is 11.3 Å². The number of nitrogens with zero attached hydrogens (tertiary/aromatic N) is 1. The van der Waals surface area contributed by atoms with Gasteiger partial charge in [0.1, 0.15) is 5.75 Å². The molecule has 1 atom stereocenters. The van der Waals surface area contributed by atoms with Crippen LogP contribution in [-0.4, -0.2) is 18.2 Å². The normalized spacial score (nSPS) is 12.1. The molecule has 1 aromatic heterocycles. The number of aromatic nitrogens is 1. The van der Waals surface area contributed by atoms with Crippen molar-refractivity contribution in [3.05, 3.63) is 48.2 Å². The molecule has 0 saturated carbocycles. The minimum Gasteiger partial charge on any atom is -0.494 e. The monoisotopic (exact) mass is 397 g/mol. The van der Waals surface area contributed by atoms with Crippen molar-refractivity contribution >= 4 is 0 Å². The van der Waals surface area contributed by atoms with Crippen molar-refractivity contribution in [2.75, 3.05) is 13.2 Å². The summed E-state index contributed by atoms with van der Waals surface area (Å²) in [6.45, 7) is 9.05. The van der Waals surface area contributed by atoms with Gasteiger partial charge in [0.25, 0.3) is 0 Å². The van der Waals surface area contributed by atoms with Crippen LogP contribution in [0.5, 0.6) is 5.75 Å². The molecule has 0 radical (unpaired) electrons. The maximum atomic E-state index is 5.86. The lowest BCUT2D eigenvalue weighted by atomic mass is 10.0. The van der Waals surface area contributed by atoms with Gasteiger partial charge in [0.2, 0.25) is 0 Å². The summed E-state index contributed by atoms with van der Waals surface area (Å²) in [6, 6.07) is 12.4. The van der Waals surface area contributed by atoms with Gasteiger partial charge in [-0.15, -0.1) is 0 Å². The molecule has 0 aliphatic heterocycles. The number of unbranched alkanes of at least 4 members (excludes halogenated alkanes) is 4. The fourth-order valence-corrected chi connectivity index (χ4v) is 3.23. The lowest BCUT2D eigenvalue weighted by Crippen LogP contribution is -2.00. The fraction of sp³-hybridized carbons (Fsp3) is 0.577. The van der Waals surface area contributed by atoms with E-state index in [1.165, 1.54) is 38.5 Å². The van der Waals surface area contributed by atoms with E-state index in [4.69, 9.17) is 9.47 Å². The van der Waals surface area contributed by atoms with Gasteiger partial charge >= 0.3 is 0 Å². The zero-order valence-corrected chi connectivity index (χ0v) is 18.7. The van der Waals surface area contributed by atoms with Crippen molar-refractivity contribution in [1.29, 1.82) is 0 Å². The minimum absolute atomic E-state index is 0.643. The third kappa shape index (κ3) is 9.45. The van der Waals surface area contributed by atoms with Crippen LogP contribution in [0.2, 0.25) is 0 Å². The van der Waals surface area contributed by atoms with E-state index in [0.717, 1.165) is 54.5 Å². The molecule has 2 aromatic rings. The Morgan fingerprint density at radius 1 is 0.862 bits per heavy atom. The van der Waals surface area contributed by atoms with E-state index in [-0.39, 0.29) is 0 Å². The average Bonchev–Trinajstić information content (AvgIpc) is 2.77. The molecule has 0 fully saturated rings. The summed E-state index contributed by atoms with van der Waals surface area (Å²) in [5.41, 5.74) is 3.22. The molecule has 1 heterocycles. The van der Waals surface area contributed by atoms with Gasteiger partial charge in [0.15, 0.2) is 0 Å². The van der Waals surface area contributed by atoms with Crippen LogP contribution in [0, 0.1) is 5.92 Å². The maximum absolute atomic E-state index is 5.86. The first kappa shape index (κ1) is 23.4. The zero-order chi connectivity index (χ0) is 20.7. The van der Waals surface area contributed by atoms with Crippen LogP contribution in [0.4, 0.5) is 0 Å². The summed E-state index contributed by atoms with van der Waals surface area (Å²) < 4.78 is 11.6. The second kappa shape index (κ2) is 14.2. The lowest BCUT2D eigenvalue weighted by Gasteiger charge is -2.10. The molecule has 3 heteroatoms. The predicted molar refractivity (Wildman–Crippen MR) is 122 cm³/mol. The number of benzene rings is 1. The van der Waals surface area contributed by atoms with Gasteiger partial charge < -0.3 is 9.47 Å². The smallest absolute Gasteiger partial charge is 0.119 e. The Kier molecular flexibility index (Phi) is 11.4. The lowest BCUT2D eigenvalue weighted by molar-refractivity contribution is 0.116. The van der Waals surface area contributed by atoms with Crippen molar-refractivity contribution in [2.24, 2.45) is 5.92 Å². The SMILES string of the molecule is CCCCCCCOCc1ccc(-c2ccc(OCCCC(C)CC)cc2)nc1. The standard InChI is InChI=1S/C26H39NO2/c1-4-6-7-8-9-18-28-21-23-12-17-26(27-20-23)24-13-15-25(16-14-24)29-19-10-11-22(3)5-2/h12-17,20,22H,4-11,18-19,21H2,1-3H3. The molecule has 1 unspecified atom stereocenters. The molecule has 0 saturated heterocycles. The molecular weight excluding hydrogens is 358 g/mol. The van der Waals surface area contributed by atoms with Gasteiger partial charge in [-0.2, -0.15) is 0 Å². The number of rotatable bonds is 15. The highest BCUT2D eigenvalue weighted by molar-refractivity contribution is 5.60. The van der Waals surface area contributed by atoms with Crippen molar-refractivity contribution < 1.29 is 9.47 Å². The van der Waals surface area contributed by atoms with Crippen LogP contribution in [0.3, 0.4) is 0 Å². The summed E-state index contributed by atoms with van der Waals surface area (Å²) in [5, 5.41) is 0. The third-order valence-electron chi connectivity index (χ3n) is 5.44. The van der Waals surface area contributed by atoms with Gasteiger partial charge in [-0.1, -0.05) is 58.9 Å².